The van der Waals surface area contributed by atoms with E-state index in [2.05, 4.69) is 20.9 Å². The van der Waals surface area contributed by atoms with Gasteiger partial charge >= 0.3 is 0 Å². The first kappa shape index (κ1) is 14.0. The Morgan fingerprint density at radius 2 is 2.00 bits per heavy atom. The van der Waals surface area contributed by atoms with Gasteiger partial charge in [-0.2, -0.15) is 0 Å². The number of rotatable bonds is 4. The number of nitrogens with zero attached hydrogens (tertiary/aromatic N) is 1. The highest BCUT2D eigenvalue weighted by Gasteiger charge is 2.09. The summed E-state index contributed by atoms with van der Waals surface area (Å²) in [5, 5.41) is 0. The molecular weight excluding hydrogens is 304 g/mol. The molecule has 0 unspecified atom stereocenters. The molecule has 100 valence electrons. The van der Waals surface area contributed by atoms with Crippen LogP contribution in [0.4, 0.5) is 0 Å². The highest BCUT2D eigenvalue weighted by molar-refractivity contribution is 9.10. The van der Waals surface area contributed by atoms with E-state index >= 15 is 0 Å². The van der Waals surface area contributed by atoms with Crippen molar-refractivity contribution < 1.29 is 4.74 Å². The van der Waals surface area contributed by atoms with Gasteiger partial charge in [-0.25, -0.2) is 0 Å². The average Bonchev–Trinajstić information content (AvgIpc) is 2.37. The number of halogens is 1. The number of pyridine rings is 1. The fourth-order valence-electron chi connectivity index (χ4n) is 1.97. The number of aromatic nitrogens is 1. The van der Waals surface area contributed by atoms with E-state index in [4.69, 9.17) is 10.5 Å². The summed E-state index contributed by atoms with van der Waals surface area (Å²) in [4.78, 5) is 4.41. The molecular formula is C15H17BrN2O. The Bertz CT molecular complexity index is 584. The molecule has 0 spiro atoms. The van der Waals surface area contributed by atoms with Crippen LogP contribution in [0.2, 0.25) is 0 Å². The summed E-state index contributed by atoms with van der Waals surface area (Å²) in [5.74, 6) is 0.822. The normalized spacial score (nSPS) is 10.5. The molecule has 4 heteroatoms. The van der Waals surface area contributed by atoms with Crippen molar-refractivity contribution in [3.63, 3.8) is 0 Å². The maximum Gasteiger partial charge on any atom is 0.127 e. The lowest BCUT2D eigenvalue weighted by Gasteiger charge is -2.14. The number of nitrogens with two attached hydrogens (primary N) is 1. The molecule has 0 aliphatic rings. The van der Waals surface area contributed by atoms with E-state index in [9.17, 15) is 0 Å². The van der Waals surface area contributed by atoms with Crippen LogP contribution in [-0.4, -0.2) is 4.98 Å². The average molecular weight is 321 g/mol. The maximum atomic E-state index is 5.91. The Morgan fingerprint density at radius 3 is 2.68 bits per heavy atom. The quantitative estimate of drug-likeness (QED) is 0.937. The van der Waals surface area contributed by atoms with E-state index in [-0.39, 0.29) is 0 Å². The summed E-state index contributed by atoms with van der Waals surface area (Å²) in [6.45, 7) is 4.86. The molecule has 0 radical (unpaired) electrons. The Labute approximate surface area is 121 Å². The lowest BCUT2D eigenvalue weighted by Crippen LogP contribution is -2.07. The third-order valence-electron chi connectivity index (χ3n) is 2.96. The van der Waals surface area contributed by atoms with Crippen molar-refractivity contribution in [3.8, 4) is 5.75 Å². The predicted octanol–water partition coefficient (Wildman–Crippen LogP) is 3.50. The molecule has 0 saturated carbocycles. The standard InChI is InChI=1S/C15H17BrN2O/c1-10-7-15(13(8-17)11(2)18-10)19-9-12-5-3-4-6-14(12)16/h3-7H,8-9,17H2,1-2H3. The van der Waals surface area contributed by atoms with Crippen LogP contribution in [0.25, 0.3) is 0 Å². The second-order valence-corrected chi connectivity index (χ2v) is 5.26. The summed E-state index contributed by atoms with van der Waals surface area (Å²) < 4.78 is 6.95. The maximum absolute atomic E-state index is 5.91. The first-order chi connectivity index (χ1) is 9.11. The third-order valence-corrected chi connectivity index (χ3v) is 3.74. The molecule has 2 rings (SSSR count). The molecule has 1 heterocycles. The van der Waals surface area contributed by atoms with Gasteiger partial charge in [-0.1, -0.05) is 34.1 Å². The van der Waals surface area contributed by atoms with E-state index in [1.807, 2.05) is 44.2 Å². The molecule has 0 atom stereocenters. The molecule has 3 nitrogen and oxygen atoms in total. The van der Waals surface area contributed by atoms with E-state index in [1.165, 1.54) is 0 Å². The largest absolute Gasteiger partial charge is 0.488 e. The lowest BCUT2D eigenvalue weighted by atomic mass is 10.1. The van der Waals surface area contributed by atoms with Crippen LogP contribution >= 0.6 is 15.9 Å². The number of benzene rings is 1. The smallest absolute Gasteiger partial charge is 0.127 e. The first-order valence-corrected chi connectivity index (χ1v) is 6.94. The Hall–Kier alpha value is -1.39. The van der Waals surface area contributed by atoms with Crippen LogP contribution in [0.1, 0.15) is 22.5 Å². The lowest BCUT2D eigenvalue weighted by molar-refractivity contribution is 0.301. The molecule has 0 saturated heterocycles. The van der Waals surface area contributed by atoms with Crippen molar-refractivity contribution in [2.75, 3.05) is 0 Å². The van der Waals surface area contributed by atoms with Crippen LogP contribution in [0, 0.1) is 13.8 Å². The van der Waals surface area contributed by atoms with Gasteiger partial charge in [0.05, 0.1) is 0 Å². The monoisotopic (exact) mass is 320 g/mol. The van der Waals surface area contributed by atoms with E-state index in [0.717, 1.165) is 32.7 Å². The molecule has 2 aromatic rings. The summed E-state index contributed by atoms with van der Waals surface area (Å²) in [6, 6.07) is 9.96. The van der Waals surface area contributed by atoms with Gasteiger partial charge in [0.25, 0.3) is 0 Å². The second-order valence-electron chi connectivity index (χ2n) is 4.41. The molecule has 0 aliphatic heterocycles. The van der Waals surface area contributed by atoms with Crippen LogP contribution in [0.5, 0.6) is 5.75 Å². The van der Waals surface area contributed by atoms with Gasteiger partial charge in [0, 0.05) is 39.6 Å². The summed E-state index contributed by atoms with van der Waals surface area (Å²) in [7, 11) is 0. The fraction of sp³-hybridized carbons (Fsp3) is 0.267. The van der Waals surface area contributed by atoms with Crippen molar-refractivity contribution in [2.24, 2.45) is 5.73 Å². The molecule has 0 amide bonds. The minimum atomic E-state index is 0.435. The summed E-state index contributed by atoms with van der Waals surface area (Å²) in [5.41, 5.74) is 9.73. The SMILES string of the molecule is Cc1cc(OCc2ccccc2Br)c(CN)c(C)n1. The minimum Gasteiger partial charge on any atom is -0.488 e. The van der Waals surface area contributed by atoms with Crippen LogP contribution in [0.15, 0.2) is 34.8 Å². The minimum absolute atomic E-state index is 0.435. The van der Waals surface area contributed by atoms with Gasteiger partial charge in [-0.05, 0) is 19.9 Å². The fourth-order valence-corrected chi connectivity index (χ4v) is 2.37. The molecule has 1 aromatic carbocycles. The van der Waals surface area contributed by atoms with Crippen LogP contribution < -0.4 is 10.5 Å². The van der Waals surface area contributed by atoms with Gasteiger partial charge < -0.3 is 10.5 Å². The molecule has 2 N–H and O–H groups in total. The summed E-state index contributed by atoms with van der Waals surface area (Å²) in [6.07, 6.45) is 0. The van der Waals surface area contributed by atoms with E-state index in [0.29, 0.717) is 13.2 Å². The van der Waals surface area contributed by atoms with E-state index < -0.39 is 0 Å². The van der Waals surface area contributed by atoms with Crippen molar-refractivity contribution >= 4 is 15.9 Å². The Balaban J connectivity index is 2.22. The van der Waals surface area contributed by atoms with Gasteiger partial charge in [0.15, 0.2) is 0 Å². The highest BCUT2D eigenvalue weighted by atomic mass is 79.9. The van der Waals surface area contributed by atoms with Crippen LogP contribution in [0.3, 0.4) is 0 Å². The first-order valence-electron chi connectivity index (χ1n) is 6.15. The highest BCUT2D eigenvalue weighted by Crippen LogP contribution is 2.24. The molecule has 1 aromatic heterocycles. The molecule has 19 heavy (non-hydrogen) atoms. The van der Waals surface area contributed by atoms with Gasteiger partial charge in [-0.3, -0.25) is 4.98 Å². The topological polar surface area (TPSA) is 48.1 Å². The van der Waals surface area contributed by atoms with Crippen molar-refractivity contribution in [1.82, 2.24) is 4.98 Å². The number of aryl methyl sites for hydroxylation is 2. The third kappa shape index (κ3) is 3.33. The Kier molecular flexibility index (Phi) is 4.56. The van der Waals surface area contributed by atoms with Crippen molar-refractivity contribution in [3.05, 3.63) is 57.3 Å². The van der Waals surface area contributed by atoms with Gasteiger partial charge in [-0.15, -0.1) is 0 Å². The molecule has 0 bridgehead atoms. The van der Waals surface area contributed by atoms with E-state index in [1.54, 1.807) is 0 Å². The zero-order valence-electron chi connectivity index (χ0n) is 11.1. The molecule has 0 aliphatic carbocycles. The zero-order valence-corrected chi connectivity index (χ0v) is 12.7. The number of hydrogen-bond acceptors (Lipinski definition) is 3. The summed E-state index contributed by atoms with van der Waals surface area (Å²) >= 11 is 3.52. The van der Waals surface area contributed by atoms with Gasteiger partial charge in [0.2, 0.25) is 0 Å². The van der Waals surface area contributed by atoms with Crippen molar-refractivity contribution in [1.29, 1.82) is 0 Å². The van der Waals surface area contributed by atoms with Crippen LogP contribution in [-0.2, 0) is 13.2 Å². The Morgan fingerprint density at radius 1 is 1.26 bits per heavy atom. The van der Waals surface area contributed by atoms with Gasteiger partial charge in [0.1, 0.15) is 12.4 Å². The predicted molar refractivity (Wildman–Crippen MR) is 80.1 cm³/mol. The van der Waals surface area contributed by atoms with Crippen molar-refractivity contribution in [2.45, 2.75) is 27.0 Å². The second kappa shape index (κ2) is 6.17. The zero-order chi connectivity index (χ0) is 13.8. The number of ether oxygens (including phenoxy) is 1. The number of hydrogen-bond donors (Lipinski definition) is 1. The molecule has 0 fully saturated rings.